The lowest BCUT2D eigenvalue weighted by molar-refractivity contribution is 0.0996. The number of aromatic nitrogens is 2. The number of amides is 1. The summed E-state index contributed by atoms with van der Waals surface area (Å²) >= 11 is 1.49. The number of carbonyl (C=O) groups excluding carboxylic acids is 1. The second-order valence-electron chi connectivity index (χ2n) is 5.11. The van der Waals surface area contributed by atoms with Crippen LogP contribution in [0.25, 0.3) is 10.8 Å². The standard InChI is InChI=1S/C15H15N3O3S/c1-8(2)14-17-18-15(21-14)12-7-10(9(3)22-12)16-13(19)11-5-4-6-20-11/h4-8H,1-3H3,(H,16,19). The number of furan rings is 1. The maximum absolute atomic E-state index is 12.0. The maximum atomic E-state index is 12.0. The van der Waals surface area contributed by atoms with Crippen molar-refractivity contribution in [1.29, 1.82) is 0 Å². The molecule has 3 rings (SSSR count). The third-order valence-electron chi connectivity index (χ3n) is 3.06. The molecule has 0 aliphatic rings. The van der Waals surface area contributed by atoms with E-state index in [1.165, 1.54) is 17.6 Å². The van der Waals surface area contributed by atoms with Gasteiger partial charge in [0.25, 0.3) is 11.8 Å². The number of thiophene rings is 1. The monoisotopic (exact) mass is 317 g/mol. The minimum atomic E-state index is -0.286. The molecule has 0 fully saturated rings. The second kappa shape index (κ2) is 5.76. The average Bonchev–Trinajstić information content (AvgIpc) is 3.18. The van der Waals surface area contributed by atoms with Gasteiger partial charge in [-0.15, -0.1) is 21.5 Å². The fourth-order valence-corrected chi connectivity index (χ4v) is 2.77. The van der Waals surface area contributed by atoms with Gasteiger partial charge in [-0.25, -0.2) is 0 Å². The molecule has 0 bridgehead atoms. The fourth-order valence-electron chi connectivity index (χ4n) is 1.87. The zero-order valence-electron chi connectivity index (χ0n) is 12.4. The largest absolute Gasteiger partial charge is 0.459 e. The van der Waals surface area contributed by atoms with E-state index < -0.39 is 0 Å². The van der Waals surface area contributed by atoms with Gasteiger partial charge in [-0.05, 0) is 25.1 Å². The van der Waals surface area contributed by atoms with E-state index in [0.29, 0.717) is 17.5 Å². The van der Waals surface area contributed by atoms with Crippen molar-refractivity contribution >= 4 is 22.9 Å². The minimum absolute atomic E-state index is 0.181. The molecule has 0 saturated carbocycles. The Morgan fingerprint density at radius 1 is 1.36 bits per heavy atom. The van der Waals surface area contributed by atoms with Gasteiger partial charge in [0, 0.05) is 10.8 Å². The summed E-state index contributed by atoms with van der Waals surface area (Å²) in [5.74, 6) is 1.23. The lowest BCUT2D eigenvalue weighted by atomic mass is 10.2. The molecular formula is C15H15N3O3S. The van der Waals surface area contributed by atoms with Crippen LogP contribution in [0.4, 0.5) is 5.69 Å². The molecule has 0 radical (unpaired) electrons. The second-order valence-corrected chi connectivity index (χ2v) is 6.37. The zero-order chi connectivity index (χ0) is 15.7. The topological polar surface area (TPSA) is 81.2 Å². The summed E-state index contributed by atoms with van der Waals surface area (Å²) in [7, 11) is 0. The van der Waals surface area contributed by atoms with Gasteiger partial charge in [-0.3, -0.25) is 4.79 Å². The van der Waals surface area contributed by atoms with Crippen LogP contribution in [0.1, 0.15) is 41.1 Å². The summed E-state index contributed by atoms with van der Waals surface area (Å²) in [5.41, 5.74) is 0.714. The lowest BCUT2D eigenvalue weighted by Gasteiger charge is -2.00. The molecule has 1 N–H and O–H groups in total. The van der Waals surface area contributed by atoms with Gasteiger partial charge in [-0.1, -0.05) is 13.8 Å². The maximum Gasteiger partial charge on any atom is 0.291 e. The summed E-state index contributed by atoms with van der Waals surface area (Å²) in [6.45, 7) is 5.91. The number of anilines is 1. The Hall–Kier alpha value is -2.41. The molecule has 6 nitrogen and oxygen atoms in total. The Kier molecular flexibility index (Phi) is 3.81. The smallest absolute Gasteiger partial charge is 0.291 e. The Labute approximate surface area is 131 Å². The molecule has 114 valence electrons. The summed E-state index contributed by atoms with van der Waals surface area (Å²) in [6, 6.07) is 5.12. The average molecular weight is 317 g/mol. The van der Waals surface area contributed by atoms with E-state index in [-0.39, 0.29) is 17.6 Å². The molecule has 3 aromatic heterocycles. The summed E-state index contributed by atoms with van der Waals surface area (Å²) in [6.07, 6.45) is 1.46. The van der Waals surface area contributed by atoms with Crippen LogP contribution in [0.3, 0.4) is 0 Å². The predicted molar refractivity (Wildman–Crippen MR) is 83.1 cm³/mol. The van der Waals surface area contributed by atoms with E-state index in [4.69, 9.17) is 8.83 Å². The molecule has 7 heteroatoms. The Bertz CT molecular complexity index is 787. The van der Waals surface area contributed by atoms with Gasteiger partial charge in [0.15, 0.2) is 5.76 Å². The van der Waals surface area contributed by atoms with Crippen molar-refractivity contribution in [3.63, 3.8) is 0 Å². The summed E-state index contributed by atoms with van der Waals surface area (Å²) in [5, 5.41) is 10.9. The fraction of sp³-hybridized carbons (Fsp3) is 0.267. The number of hydrogen-bond acceptors (Lipinski definition) is 6. The van der Waals surface area contributed by atoms with E-state index in [0.717, 1.165) is 9.75 Å². The van der Waals surface area contributed by atoms with Crippen molar-refractivity contribution in [3.05, 3.63) is 41.0 Å². The number of nitrogens with one attached hydrogen (secondary N) is 1. The van der Waals surface area contributed by atoms with Crippen LogP contribution >= 0.6 is 11.3 Å². The van der Waals surface area contributed by atoms with Crippen LogP contribution in [-0.4, -0.2) is 16.1 Å². The highest BCUT2D eigenvalue weighted by Gasteiger charge is 2.17. The molecule has 0 aromatic carbocycles. The minimum Gasteiger partial charge on any atom is -0.459 e. The van der Waals surface area contributed by atoms with Crippen molar-refractivity contribution in [3.8, 4) is 10.8 Å². The van der Waals surface area contributed by atoms with E-state index in [9.17, 15) is 4.79 Å². The van der Waals surface area contributed by atoms with Crippen molar-refractivity contribution in [1.82, 2.24) is 10.2 Å². The van der Waals surface area contributed by atoms with Gasteiger partial charge in [0.1, 0.15) is 0 Å². The van der Waals surface area contributed by atoms with Crippen LogP contribution in [-0.2, 0) is 0 Å². The molecule has 0 atom stereocenters. The molecule has 3 aromatic rings. The Balaban J connectivity index is 1.82. The van der Waals surface area contributed by atoms with E-state index in [1.807, 2.05) is 26.8 Å². The van der Waals surface area contributed by atoms with E-state index in [2.05, 4.69) is 15.5 Å². The number of carbonyl (C=O) groups is 1. The summed E-state index contributed by atoms with van der Waals surface area (Å²) < 4.78 is 10.7. The molecule has 0 aliphatic carbocycles. The van der Waals surface area contributed by atoms with E-state index in [1.54, 1.807) is 12.1 Å². The van der Waals surface area contributed by atoms with Gasteiger partial charge >= 0.3 is 0 Å². The quantitative estimate of drug-likeness (QED) is 0.784. The molecule has 3 heterocycles. The molecule has 1 amide bonds. The molecule has 0 aliphatic heterocycles. The molecular weight excluding hydrogens is 302 g/mol. The normalized spacial score (nSPS) is 11.1. The highest BCUT2D eigenvalue weighted by molar-refractivity contribution is 7.15. The first-order valence-corrected chi connectivity index (χ1v) is 7.65. The number of nitrogens with zero attached hydrogens (tertiary/aromatic N) is 2. The number of aryl methyl sites for hydroxylation is 1. The zero-order valence-corrected chi connectivity index (χ0v) is 13.2. The van der Waals surface area contributed by atoms with Gasteiger partial charge < -0.3 is 14.2 Å². The van der Waals surface area contributed by atoms with Crippen LogP contribution in [0.15, 0.2) is 33.3 Å². The van der Waals surface area contributed by atoms with Crippen LogP contribution < -0.4 is 5.32 Å². The van der Waals surface area contributed by atoms with Gasteiger partial charge in [-0.2, -0.15) is 0 Å². The molecule has 0 spiro atoms. The van der Waals surface area contributed by atoms with Crippen molar-refractivity contribution < 1.29 is 13.6 Å². The van der Waals surface area contributed by atoms with Crippen molar-refractivity contribution in [2.75, 3.05) is 5.32 Å². The first kappa shape index (κ1) is 14.5. The predicted octanol–water partition coefficient (Wildman–Crippen LogP) is 4.08. The molecule has 0 saturated heterocycles. The van der Waals surface area contributed by atoms with Crippen molar-refractivity contribution in [2.45, 2.75) is 26.7 Å². The Morgan fingerprint density at radius 3 is 2.82 bits per heavy atom. The van der Waals surface area contributed by atoms with Crippen LogP contribution in [0.2, 0.25) is 0 Å². The highest BCUT2D eigenvalue weighted by atomic mass is 32.1. The molecule has 0 unspecified atom stereocenters. The van der Waals surface area contributed by atoms with Crippen LogP contribution in [0, 0.1) is 6.92 Å². The van der Waals surface area contributed by atoms with Crippen molar-refractivity contribution in [2.24, 2.45) is 0 Å². The lowest BCUT2D eigenvalue weighted by Crippen LogP contribution is -2.10. The first-order chi connectivity index (χ1) is 10.5. The third kappa shape index (κ3) is 2.80. The van der Waals surface area contributed by atoms with Gasteiger partial charge in [0.05, 0.1) is 16.8 Å². The summed E-state index contributed by atoms with van der Waals surface area (Å²) in [4.78, 5) is 13.8. The van der Waals surface area contributed by atoms with E-state index >= 15 is 0 Å². The SMILES string of the molecule is Cc1sc(-c2nnc(C(C)C)o2)cc1NC(=O)c1ccco1. The first-order valence-electron chi connectivity index (χ1n) is 6.83. The Morgan fingerprint density at radius 2 is 2.18 bits per heavy atom. The highest BCUT2D eigenvalue weighted by Crippen LogP contribution is 2.34. The van der Waals surface area contributed by atoms with Gasteiger partial charge in [0.2, 0.25) is 5.89 Å². The molecule has 22 heavy (non-hydrogen) atoms. The number of hydrogen-bond donors (Lipinski definition) is 1. The number of rotatable bonds is 4. The van der Waals surface area contributed by atoms with Crippen LogP contribution in [0.5, 0.6) is 0 Å². The third-order valence-corrected chi connectivity index (χ3v) is 4.09.